The third-order valence-corrected chi connectivity index (χ3v) is 11.5. The Bertz CT molecular complexity index is 2500. The molecule has 15 unspecified atom stereocenters. The van der Waals surface area contributed by atoms with Gasteiger partial charge in [0.05, 0.1) is 34.5 Å². The Kier molecular flexibility index (Phi) is 10.2. The molecule has 3 aliphatic rings. The summed E-state index contributed by atoms with van der Waals surface area (Å²) in [6, 6.07) is 7.50. The lowest BCUT2D eigenvalue weighted by Crippen LogP contribution is -2.66. The van der Waals surface area contributed by atoms with Crippen LogP contribution in [0.5, 0.6) is 11.5 Å². The first-order valence-electron chi connectivity index (χ1n) is 18.4. The molecular formula is C39H43NO17. The summed E-state index contributed by atoms with van der Waals surface area (Å²) in [6.45, 7) is 6.09. The van der Waals surface area contributed by atoms with Crippen LogP contribution in [0.1, 0.15) is 26.3 Å². The van der Waals surface area contributed by atoms with Crippen LogP contribution in [0.2, 0.25) is 0 Å². The van der Waals surface area contributed by atoms with Gasteiger partial charge in [-0.1, -0.05) is 24.3 Å². The highest BCUT2D eigenvalue weighted by molar-refractivity contribution is 6.29. The molecule has 3 fully saturated rings. The number of methoxy groups -OCH3 is 1. The average Bonchev–Trinajstić information content (AvgIpc) is 3.17. The Morgan fingerprint density at radius 2 is 1.23 bits per heavy atom. The van der Waals surface area contributed by atoms with E-state index in [4.69, 9.17) is 43.0 Å². The van der Waals surface area contributed by atoms with Crippen molar-refractivity contribution in [3.8, 4) is 11.5 Å². The van der Waals surface area contributed by atoms with Crippen LogP contribution >= 0.6 is 0 Å². The molecule has 0 amide bonds. The number of phenols is 1. The van der Waals surface area contributed by atoms with Gasteiger partial charge in [-0.3, -0.25) is 10.2 Å². The van der Waals surface area contributed by atoms with Crippen LogP contribution in [0.15, 0.2) is 44.3 Å². The van der Waals surface area contributed by atoms with Crippen LogP contribution in [0.4, 0.5) is 0 Å². The topological polar surface area (TPSA) is 277 Å². The molecule has 0 spiro atoms. The van der Waals surface area contributed by atoms with Gasteiger partial charge in [0.25, 0.3) is 0 Å². The standard InChI is InChI=1S/C39H43NO17/c1-11-9-10-16-20-18(11)36(49)55-32-19-15(27(44)22(21(20)32)23(40)28(16)45)7-6-8-17(19)54-38-34(29(46)24(41)12(2)52-38)57-39-35(30(47)25(42)13(3)53-39)56-37-31(48)33(50-5)26(43)14(4)51-37/h6-10,12-14,24-26,29-31,33-35,37-44,46-48H,1-5H3. The lowest BCUT2D eigenvalue weighted by Gasteiger charge is -2.48. The number of ether oxygens (including phenoxy) is 7. The predicted octanol–water partition coefficient (Wildman–Crippen LogP) is -0.454. The molecule has 57 heavy (non-hydrogen) atoms. The Hall–Kier alpha value is -4.15. The minimum atomic E-state index is -1.75. The molecule has 18 nitrogen and oxygen atoms in total. The van der Waals surface area contributed by atoms with E-state index in [2.05, 4.69) is 0 Å². The number of hydrogen-bond acceptors (Lipinski definition) is 18. The van der Waals surface area contributed by atoms with Gasteiger partial charge in [-0.05, 0) is 39.3 Å². The molecule has 0 bridgehead atoms. The van der Waals surface area contributed by atoms with Crippen molar-refractivity contribution < 1.29 is 73.3 Å². The molecule has 5 aromatic rings. The Morgan fingerprint density at radius 1 is 0.632 bits per heavy atom. The summed E-state index contributed by atoms with van der Waals surface area (Å²) >= 11 is 0. The summed E-state index contributed by atoms with van der Waals surface area (Å²) in [6.07, 6.45) is -21.6. The van der Waals surface area contributed by atoms with E-state index in [0.29, 0.717) is 5.56 Å². The fourth-order valence-corrected chi connectivity index (χ4v) is 8.27. The summed E-state index contributed by atoms with van der Waals surface area (Å²) in [4.78, 5) is 27.0. The highest BCUT2D eigenvalue weighted by atomic mass is 16.8. The molecule has 0 aliphatic carbocycles. The summed E-state index contributed by atoms with van der Waals surface area (Å²) in [5, 5.41) is 86.3. The van der Waals surface area contributed by atoms with Crippen molar-refractivity contribution in [2.75, 3.05) is 7.11 Å². The number of phenolic OH excluding ortho intramolecular Hbond substituents is 1. The van der Waals surface area contributed by atoms with E-state index >= 15 is 0 Å². The maximum Gasteiger partial charge on any atom is 0.344 e. The van der Waals surface area contributed by atoms with E-state index in [1.54, 1.807) is 13.0 Å². The second-order valence-electron chi connectivity index (χ2n) is 15.0. The van der Waals surface area contributed by atoms with E-state index in [0.717, 1.165) is 0 Å². The highest BCUT2D eigenvalue weighted by Crippen LogP contribution is 2.45. The minimum absolute atomic E-state index is 0.0443. The molecule has 4 aromatic carbocycles. The second-order valence-corrected chi connectivity index (χ2v) is 15.0. The van der Waals surface area contributed by atoms with Gasteiger partial charge in [-0.25, -0.2) is 4.79 Å². The fraction of sp³-hybridized carbons (Fsp3) is 0.513. The zero-order valence-corrected chi connectivity index (χ0v) is 31.3. The monoisotopic (exact) mass is 797 g/mol. The van der Waals surface area contributed by atoms with Crippen molar-refractivity contribution in [3.63, 3.8) is 0 Å². The zero-order chi connectivity index (χ0) is 40.9. The third-order valence-electron chi connectivity index (χ3n) is 11.5. The van der Waals surface area contributed by atoms with E-state index in [1.807, 2.05) is 0 Å². The molecule has 18 heteroatoms. The summed E-state index contributed by atoms with van der Waals surface area (Å²) in [7, 11) is 1.27. The van der Waals surface area contributed by atoms with Gasteiger partial charge in [0.15, 0.2) is 24.3 Å². The van der Waals surface area contributed by atoms with Crippen LogP contribution < -0.4 is 21.1 Å². The van der Waals surface area contributed by atoms with E-state index in [9.17, 15) is 45.3 Å². The van der Waals surface area contributed by atoms with Crippen LogP contribution in [0.25, 0.3) is 43.3 Å². The number of aliphatic hydroxyl groups excluding tert-OH is 6. The van der Waals surface area contributed by atoms with E-state index in [1.165, 1.54) is 52.1 Å². The maximum absolute atomic E-state index is 13.6. The molecule has 0 radical (unpaired) electrons. The Balaban J connectivity index is 1.21. The molecular weight excluding hydrogens is 754 g/mol. The van der Waals surface area contributed by atoms with Crippen molar-refractivity contribution in [1.29, 1.82) is 5.41 Å². The molecule has 8 N–H and O–H groups in total. The SMILES string of the molecule is COC1C(O)C(C)OC(OC2C(OC3C(Oc4cccc5c(O)c6c(=N)c(=O)c7ccc(C)c8c(=O)oc(c45)c6c78)OC(C)C(O)C3O)OC(C)C(O)C2O)C1O. The zero-order valence-electron chi connectivity index (χ0n) is 31.3. The number of aryl methyl sites for hydroxylation is 1. The fourth-order valence-electron chi connectivity index (χ4n) is 8.27. The van der Waals surface area contributed by atoms with Crippen molar-refractivity contribution in [3.05, 3.63) is 61.9 Å². The lowest BCUT2D eigenvalue weighted by atomic mass is 9.92. The van der Waals surface area contributed by atoms with Crippen LogP contribution in [0, 0.1) is 12.3 Å². The highest BCUT2D eigenvalue weighted by Gasteiger charge is 2.53. The van der Waals surface area contributed by atoms with Gasteiger partial charge < -0.3 is 73.3 Å². The van der Waals surface area contributed by atoms with Crippen LogP contribution in [-0.2, 0) is 28.4 Å². The van der Waals surface area contributed by atoms with Gasteiger partial charge in [-0.2, -0.15) is 0 Å². The number of nitrogens with one attached hydrogen (secondary N) is 1. The van der Waals surface area contributed by atoms with Gasteiger partial charge in [0, 0.05) is 28.7 Å². The molecule has 4 heterocycles. The molecule has 0 saturated carbocycles. The first kappa shape index (κ1) is 39.7. The number of fused-ring (bicyclic) bond motifs is 2. The van der Waals surface area contributed by atoms with E-state index in [-0.39, 0.29) is 49.0 Å². The van der Waals surface area contributed by atoms with Crippen molar-refractivity contribution in [1.82, 2.24) is 0 Å². The van der Waals surface area contributed by atoms with Crippen LogP contribution in [0.3, 0.4) is 0 Å². The molecule has 8 rings (SSSR count). The smallest absolute Gasteiger partial charge is 0.344 e. The summed E-state index contributed by atoms with van der Waals surface area (Å²) in [5.41, 5.74) is -1.07. The van der Waals surface area contributed by atoms with Gasteiger partial charge in [-0.15, -0.1) is 0 Å². The number of benzene rings is 4. The normalized spacial score (nSPS) is 36.4. The number of rotatable bonds is 7. The van der Waals surface area contributed by atoms with E-state index < -0.39 is 114 Å². The predicted molar refractivity (Wildman–Crippen MR) is 196 cm³/mol. The molecule has 306 valence electrons. The number of aliphatic hydroxyl groups is 6. The quantitative estimate of drug-likeness (QED) is 0.0588. The molecule has 1 aromatic heterocycles. The average molecular weight is 798 g/mol. The molecule has 3 aliphatic heterocycles. The Morgan fingerprint density at radius 3 is 1.89 bits per heavy atom. The second kappa shape index (κ2) is 14.6. The first-order valence-corrected chi connectivity index (χ1v) is 18.4. The summed E-state index contributed by atoms with van der Waals surface area (Å²) in [5.74, 6) is -0.520. The van der Waals surface area contributed by atoms with Crippen molar-refractivity contribution in [2.24, 2.45) is 0 Å². The third kappa shape index (κ3) is 6.14. The Labute approximate surface area is 322 Å². The largest absolute Gasteiger partial charge is 0.507 e. The molecule has 15 atom stereocenters. The van der Waals surface area contributed by atoms with Crippen molar-refractivity contribution in [2.45, 2.75) is 120 Å². The number of aromatic hydroxyl groups is 1. The maximum atomic E-state index is 13.6. The first-order chi connectivity index (χ1) is 27.0. The van der Waals surface area contributed by atoms with Crippen LogP contribution in [-0.4, -0.2) is 135 Å². The van der Waals surface area contributed by atoms with Crippen molar-refractivity contribution >= 4 is 43.3 Å². The van der Waals surface area contributed by atoms with Gasteiger partial charge in [0.2, 0.25) is 11.7 Å². The summed E-state index contributed by atoms with van der Waals surface area (Å²) < 4.78 is 47.4. The molecule has 3 saturated heterocycles. The van der Waals surface area contributed by atoms with Gasteiger partial charge in [0.1, 0.15) is 65.7 Å². The number of hydrogen-bond donors (Lipinski definition) is 8. The minimum Gasteiger partial charge on any atom is -0.507 e. The van der Waals surface area contributed by atoms with Gasteiger partial charge >= 0.3 is 5.63 Å². The lowest BCUT2D eigenvalue weighted by molar-refractivity contribution is -0.384.